The molecule has 0 radical (unpaired) electrons. The number of carbonyl (C=O) groups is 2. The smallest absolute Gasteiger partial charge is 0.338 e. The van der Waals surface area contributed by atoms with E-state index in [1.807, 2.05) is 6.92 Å². The van der Waals surface area contributed by atoms with Crippen molar-refractivity contribution in [3.05, 3.63) is 29.8 Å². The Morgan fingerprint density at radius 3 is 2.31 bits per heavy atom. The lowest BCUT2D eigenvalue weighted by Crippen LogP contribution is -2.55. The number of nitrogens with one attached hydrogen (secondary N) is 1. The number of hydrogen-bond donors (Lipinski definition) is 2. The Morgan fingerprint density at radius 2 is 1.76 bits per heavy atom. The minimum absolute atomic E-state index is 0.0163. The van der Waals surface area contributed by atoms with Gasteiger partial charge in [-0.1, -0.05) is 6.07 Å². The first-order valence-electron chi connectivity index (χ1n) is 10.2. The van der Waals surface area contributed by atoms with Crippen LogP contribution in [-0.2, 0) is 19.6 Å². The first kappa shape index (κ1) is 20.3. The molecule has 158 valence electrons. The molecule has 0 aromatic heterocycles. The summed E-state index contributed by atoms with van der Waals surface area (Å²) in [6.45, 7) is 1.44. The largest absolute Gasteiger partial charge is 0.452 e. The van der Waals surface area contributed by atoms with E-state index in [9.17, 15) is 18.0 Å². The van der Waals surface area contributed by atoms with Crippen LogP contribution in [0.2, 0.25) is 0 Å². The average molecular weight is 421 g/mol. The van der Waals surface area contributed by atoms with Gasteiger partial charge in [0.1, 0.15) is 0 Å². The zero-order valence-corrected chi connectivity index (χ0v) is 17.4. The molecule has 0 unspecified atom stereocenters. The van der Waals surface area contributed by atoms with Crippen LogP contribution in [0.5, 0.6) is 0 Å². The van der Waals surface area contributed by atoms with E-state index in [-0.39, 0.29) is 21.9 Å². The number of hydrogen-bond acceptors (Lipinski definition) is 5. The van der Waals surface area contributed by atoms with Crippen molar-refractivity contribution in [2.45, 2.75) is 56.4 Å². The summed E-state index contributed by atoms with van der Waals surface area (Å²) in [5.74, 6) is 0.646. The SMILES string of the molecule is C[C@@H](NS(=O)(=O)c1cccc(C(=O)OCC(N)=O)c1)C12CC3CC(CC(C3)C1)C2. The van der Waals surface area contributed by atoms with Gasteiger partial charge >= 0.3 is 5.97 Å². The molecule has 4 bridgehead atoms. The number of amides is 1. The highest BCUT2D eigenvalue weighted by molar-refractivity contribution is 7.89. The van der Waals surface area contributed by atoms with Gasteiger partial charge in [0.2, 0.25) is 10.0 Å². The van der Waals surface area contributed by atoms with Gasteiger partial charge in [0.15, 0.2) is 6.61 Å². The van der Waals surface area contributed by atoms with Crippen molar-refractivity contribution in [2.75, 3.05) is 6.61 Å². The summed E-state index contributed by atoms with van der Waals surface area (Å²) in [5, 5.41) is 0. The number of carbonyl (C=O) groups excluding carboxylic acids is 2. The van der Waals surface area contributed by atoms with E-state index in [0.29, 0.717) is 0 Å². The van der Waals surface area contributed by atoms with Crippen LogP contribution < -0.4 is 10.5 Å². The third kappa shape index (κ3) is 4.05. The van der Waals surface area contributed by atoms with Gasteiger partial charge in [0.25, 0.3) is 5.91 Å². The lowest BCUT2D eigenvalue weighted by Gasteiger charge is -2.59. The molecule has 4 saturated carbocycles. The maximum Gasteiger partial charge on any atom is 0.338 e. The molecule has 7 nitrogen and oxygen atoms in total. The molecule has 0 saturated heterocycles. The van der Waals surface area contributed by atoms with Crippen LogP contribution in [0.3, 0.4) is 0 Å². The maximum absolute atomic E-state index is 13.0. The van der Waals surface area contributed by atoms with Crippen molar-refractivity contribution in [1.29, 1.82) is 0 Å². The van der Waals surface area contributed by atoms with Gasteiger partial charge in [-0.05, 0) is 86.8 Å². The number of esters is 1. The average Bonchev–Trinajstić information content (AvgIpc) is 2.64. The van der Waals surface area contributed by atoms with Gasteiger partial charge in [0, 0.05) is 6.04 Å². The Bertz CT molecular complexity index is 891. The normalized spacial score (nSPS) is 31.4. The molecule has 5 rings (SSSR count). The first-order valence-corrected chi connectivity index (χ1v) is 11.7. The summed E-state index contributed by atoms with van der Waals surface area (Å²) in [5.41, 5.74) is 5.08. The third-order valence-corrected chi connectivity index (χ3v) is 8.60. The van der Waals surface area contributed by atoms with Crippen LogP contribution in [-0.4, -0.2) is 32.9 Å². The lowest BCUT2D eigenvalue weighted by molar-refractivity contribution is -0.121. The van der Waals surface area contributed by atoms with Crippen molar-refractivity contribution in [3.8, 4) is 0 Å². The highest BCUT2D eigenvalue weighted by Gasteiger charge is 2.53. The van der Waals surface area contributed by atoms with E-state index in [4.69, 9.17) is 10.5 Å². The van der Waals surface area contributed by atoms with E-state index in [1.165, 1.54) is 43.5 Å². The number of sulfonamides is 1. The monoisotopic (exact) mass is 420 g/mol. The summed E-state index contributed by atoms with van der Waals surface area (Å²) < 4.78 is 33.7. The molecule has 1 aromatic rings. The summed E-state index contributed by atoms with van der Waals surface area (Å²) in [4.78, 5) is 22.8. The molecule has 1 atom stereocenters. The molecule has 29 heavy (non-hydrogen) atoms. The molecule has 4 aliphatic rings. The van der Waals surface area contributed by atoms with Crippen molar-refractivity contribution in [1.82, 2.24) is 4.72 Å². The topological polar surface area (TPSA) is 116 Å². The number of primary amides is 1. The predicted molar refractivity (Wildman–Crippen MR) is 106 cm³/mol. The fourth-order valence-corrected chi connectivity index (χ4v) is 7.54. The second-order valence-corrected chi connectivity index (χ2v) is 10.9. The van der Waals surface area contributed by atoms with Gasteiger partial charge in [-0.15, -0.1) is 0 Å². The van der Waals surface area contributed by atoms with E-state index in [2.05, 4.69) is 4.72 Å². The van der Waals surface area contributed by atoms with E-state index < -0.39 is 28.5 Å². The fraction of sp³-hybridized carbons (Fsp3) is 0.619. The van der Waals surface area contributed by atoms with Crippen molar-refractivity contribution >= 4 is 21.9 Å². The second kappa shape index (κ2) is 7.40. The van der Waals surface area contributed by atoms with E-state index in [0.717, 1.165) is 37.0 Å². The van der Waals surface area contributed by atoms with Gasteiger partial charge in [-0.2, -0.15) is 0 Å². The first-order chi connectivity index (χ1) is 13.7. The van der Waals surface area contributed by atoms with Gasteiger partial charge in [0.05, 0.1) is 10.5 Å². The Hall–Kier alpha value is -1.93. The van der Waals surface area contributed by atoms with Crippen LogP contribution in [0.15, 0.2) is 29.2 Å². The zero-order valence-electron chi connectivity index (χ0n) is 16.6. The summed E-state index contributed by atoms with van der Waals surface area (Å²) in [7, 11) is -3.79. The van der Waals surface area contributed by atoms with Crippen LogP contribution in [0.4, 0.5) is 0 Å². The van der Waals surface area contributed by atoms with Crippen LogP contribution in [0, 0.1) is 23.2 Å². The minimum atomic E-state index is -3.79. The van der Waals surface area contributed by atoms with Gasteiger partial charge in [-0.25, -0.2) is 17.9 Å². The summed E-state index contributed by atoms with van der Waals surface area (Å²) in [6, 6.07) is 5.51. The quantitative estimate of drug-likeness (QED) is 0.656. The van der Waals surface area contributed by atoms with Gasteiger partial charge < -0.3 is 10.5 Å². The molecule has 3 N–H and O–H groups in total. The minimum Gasteiger partial charge on any atom is -0.452 e. The maximum atomic E-state index is 13.0. The van der Waals surface area contributed by atoms with Gasteiger partial charge in [-0.3, -0.25) is 4.79 Å². The number of nitrogens with two attached hydrogens (primary N) is 1. The third-order valence-electron chi connectivity index (χ3n) is 7.06. The standard InChI is InChI=1S/C21H28N2O5S/c1-13(21-9-14-5-15(10-21)7-16(6-14)11-21)23-29(26,27)18-4-2-3-17(8-18)20(25)28-12-19(22)24/h2-4,8,13-16,23H,5-7,9-12H2,1H3,(H2,22,24)/t13-,14?,15?,16?,21?/m1/s1. The Balaban J connectivity index is 1.50. The predicted octanol–water partition coefficient (Wildman–Crippen LogP) is 2.21. The summed E-state index contributed by atoms with van der Waals surface area (Å²) in [6.07, 6.45) is 7.20. The molecular formula is C21H28N2O5S. The van der Waals surface area contributed by atoms with E-state index >= 15 is 0 Å². The van der Waals surface area contributed by atoms with E-state index in [1.54, 1.807) is 0 Å². The van der Waals surface area contributed by atoms with Crippen LogP contribution in [0.25, 0.3) is 0 Å². The fourth-order valence-electron chi connectivity index (χ4n) is 6.14. The molecule has 4 aliphatic carbocycles. The second-order valence-electron chi connectivity index (χ2n) is 9.19. The highest BCUT2D eigenvalue weighted by Crippen LogP contribution is 2.61. The lowest BCUT2D eigenvalue weighted by atomic mass is 9.48. The highest BCUT2D eigenvalue weighted by atomic mass is 32.2. The Kier molecular flexibility index (Phi) is 5.19. The molecule has 4 fully saturated rings. The van der Waals surface area contributed by atoms with Crippen molar-refractivity contribution in [3.63, 3.8) is 0 Å². The molecule has 8 heteroatoms. The number of rotatable bonds is 7. The molecule has 1 aromatic carbocycles. The molecule has 0 spiro atoms. The molecule has 0 heterocycles. The Morgan fingerprint density at radius 1 is 1.17 bits per heavy atom. The zero-order chi connectivity index (χ0) is 20.8. The molecule has 1 amide bonds. The summed E-state index contributed by atoms with van der Waals surface area (Å²) >= 11 is 0. The molecular weight excluding hydrogens is 392 g/mol. The number of benzene rings is 1. The van der Waals surface area contributed by atoms with Crippen molar-refractivity contribution < 1.29 is 22.7 Å². The van der Waals surface area contributed by atoms with Crippen LogP contribution >= 0.6 is 0 Å². The van der Waals surface area contributed by atoms with Crippen LogP contribution in [0.1, 0.15) is 55.8 Å². The number of ether oxygens (including phenoxy) is 1. The van der Waals surface area contributed by atoms with Crippen molar-refractivity contribution in [2.24, 2.45) is 28.9 Å². The molecule has 0 aliphatic heterocycles. The Labute approximate surface area is 171 Å².